The third kappa shape index (κ3) is 2.08. The van der Waals surface area contributed by atoms with E-state index >= 15 is 0 Å². The van der Waals surface area contributed by atoms with Crippen LogP contribution in [0.15, 0.2) is 40.6 Å². The van der Waals surface area contributed by atoms with E-state index in [-0.39, 0.29) is 0 Å². The Morgan fingerprint density at radius 1 is 1.64 bits per heavy atom. The highest BCUT2D eigenvalue weighted by Gasteiger charge is 2.19. The molecule has 0 bridgehead atoms. The van der Waals surface area contributed by atoms with Crippen molar-refractivity contribution < 1.29 is 0 Å². The summed E-state index contributed by atoms with van der Waals surface area (Å²) in [5.74, 6) is 0.321. The average molecular weight is 188 g/mol. The van der Waals surface area contributed by atoms with E-state index in [9.17, 15) is 0 Å². The molecule has 2 heteroatoms. The summed E-state index contributed by atoms with van der Waals surface area (Å²) in [6, 6.07) is 0. The predicted molar refractivity (Wildman–Crippen MR) is 62.0 cm³/mol. The van der Waals surface area contributed by atoms with E-state index in [4.69, 9.17) is 5.41 Å². The normalized spacial score (nSPS) is 21.6. The molecule has 1 aliphatic heterocycles. The first kappa shape index (κ1) is 10.6. The van der Waals surface area contributed by atoms with Crippen LogP contribution in [-0.4, -0.2) is 11.9 Å². The third-order valence-corrected chi connectivity index (χ3v) is 2.35. The van der Waals surface area contributed by atoms with Crippen LogP contribution in [0.1, 0.15) is 20.8 Å². The van der Waals surface area contributed by atoms with Crippen LogP contribution in [0.3, 0.4) is 0 Å². The van der Waals surface area contributed by atoms with E-state index in [0.717, 1.165) is 16.9 Å². The Bertz CT molecular complexity index is 357. The first-order valence-corrected chi connectivity index (χ1v) is 4.68. The van der Waals surface area contributed by atoms with Crippen LogP contribution in [-0.2, 0) is 0 Å². The number of hydrogen-bond acceptors (Lipinski definition) is 2. The van der Waals surface area contributed by atoms with Crippen molar-refractivity contribution in [1.82, 2.24) is 0 Å². The molecule has 1 heterocycles. The molecular formula is C12H16N2. The number of rotatable bonds is 3. The zero-order chi connectivity index (χ0) is 10.7. The minimum absolute atomic E-state index is 0.321. The fourth-order valence-electron chi connectivity index (χ4n) is 1.39. The lowest BCUT2D eigenvalue weighted by Crippen LogP contribution is -2.12. The molecule has 0 saturated carbocycles. The van der Waals surface area contributed by atoms with Gasteiger partial charge in [0.1, 0.15) is 0 Å². The van der Waals surface area contributed by atoms with Crippen LogP contribution in [0.25, 0.3) is 0 Å². The number of nitrogens with zero attached hydrogens (tertiary/aromatic N) is 1. The Morgan fingerprint density at radius 2 is 2.29 bits per heavy atom. The molecule has 0 saturated heterocycles. The van der Waals surface area contributed by atoms with Crippen molar-refractivity contribution in [2.45, 2.75) is 20.8 Å². The maximum Gasteiger partial charge on any atom is 0.0560 e. The van der Waals surface area contributed by atoms with Crippen molar-refractivity contribution in [3.63, 3.8) is 0 Å². The van der Waals surface area contributed by atoms with Crippen LogP contribution in [0, 0.1) is 11.3 Å². The summed E-state index contributed by atoms with van der Waals surface area (Å²) in [6.45, 7) is 9.89. The van der Waals surface area contributed by atoms with Crippen molar-refractivity contribution >= 4 is 11.9 Å². The lowest BCUT2D eigenvalue weighted by molar-refractivity contribution is 0.939. The predicted octanol–water partition coefficient (Wildman–Crippen LogP) is 3.13. The molecular weight excluding hydrogens is 172 g/mol. The number of allylic oxidation sites excluding steroid dienone is 4. The van der Waals surface area contributed by atoms with Crippen LogP contribution in [0.2, 0.25) is 0 Å². The standard InChI is InChI=1S/C12H16N2/c1-8(2)5-11(6-13)12-10(4)9(3)7-14-12/h5-7,10,13H,1H2,2-4H3/b11-5-,13-6?/t10-/m0/s1. The van der Waals surface area contributed by atoms with Gasteiger partial charge in [-0.3, -0.25) is 4.99 Å². The van der Waals surface area contributed by atoms with Gasteiger partial charge in [-0.25, -0.2) is 0 Å². The molecule has 0 aliphatic carbocycles. The second-order valence-corrected chi connectivity index (χ2v) is 3.70. The summed E-state index contributed by atoms with van der Waals surface area (Å²) in [5.41, 5.74) is 4.02. The first-order valence-electron chi connectivity index (χ1n) is 4.68. The van der Waals surface area contributed by atoms with E-state index in [1.54, 1.807) is 0 Å². The fourth-order valence-corrected chi connectivity index (χ4v) is 1.39. The van der Waals surface area contributed by atoms with Crippen LogP contribution >= 0.6 is 0 Å². The molecule has 0 radical (unpaired) electrons. The molecule has 0 unspecified atom stereocenters. The second-order valence-electron chi connectivity index (χ2n) is 3.70. The van der Waals surface area contributed by atoms with Crippen LogP contribution in [0.5, 0.6) is 0 Å². The zero-order valence-electron chi connectivity index (χ0n) is 8.96. The summed E-state index contributed by atoms with van der Waals surface area (Å²) in [6.07, 6.45) is 5.11. The Hall–Kier alpha value is -1.44. The number of hydrogen-bond donors (Lipinski definition) is 1. The van der Waals surface area contributed by atoms with Crippen molar-refractivity contribution in [1.29, 1.82) is 5.41 Å². The Morgan fingerprint density at radius 3 is 2.64 bits per heavy atom. The molecule has 1 N–H and O–H groups in total. The van der Waals surface area contributed by atoms with E-state index in [0.29, 0.717) is 5.92 Å². The van der Waals surface area contributed by atoms with Gasteiger partial charge in [0.05, 0.1) is 5.71 Å². The highest BCUT2D eigenvalue weighted by Crippen LogP contribution is 2.22. The maximum absolute atomic E-state index is 7.34. The first-order chi connectivity index (χ1) is 6.56. The van der Waals surface area contributed by atoms with Crippen molar-refractivity contribution in [2.24, 2.45) is 10.9 Å². The number of aliphatic imine (C=N–C) groups is 1. The molecule has 0 aromatic carbocycles. The summed E-state index contributed by atoms with van der Waals surface area (Å²) in [5, 5.41) is 7.34. The highest BCUT2D eigenvalue weighted by atomic mass is 14.8. The molecule has 1 atom stereocenters. The van der Waals surface area contributed by atoms with Crippen molar-refractivity contribution in [3.8, 4) is 0 Å². The topological polar surface area (TPSA) is 36.2 Å². The Labute approximate surface area is 85.3 Å². The molecule has 14 heavy (non-hydrogen) atoms. The molecule has 2 nitrogen and oxygen atoms in total. The molecule has 1 rings (SSSR count). The maximum atomic E-state index is 7.34. The smallest absolute Gasteiger partial charge is 0.0560 e. The lowest BCUT2D eigenvalue weighted by atomic mass is 9.94. The third-order valence-electron chi connectivity index (χ3n) is 2.35. The molecule has 0 aromatic heterocycles. The highest BCUT2D eigenvalue weighted by molar-refractivity contribution is 6.18. The van der Waals surface area contributed by atoms with Gasteiger partial charge < -0.3 is 5.41 Å². The number of nitrogens with one attached hydrogen (secondary N) is 1. The van der Waals surface area contributed by atoms with E-state index < -0.39 is 0 Å². The van der Waals surface area contributed by atoms with Gasteiger partial charge in [-0.2, -0.15) is 0 Å². The Kier molecular flexibility index (Phi) is 3.18. The van der Waals surface area contributed by atoms with Crippen molar-refractivity contribution in [3.05, 3.63) is 35.6 Å². The van der Waals surface area contributed by atoms with Gasteiger partial charge in [0.2, 0.25) is 0 Å². The van der Waals surface area contributed by atoms with Crippen molar-refractivity contribution in [2.75, 3.05) is 0 Å². The molecule has 0 amide bonds. The zero-order valence-corrected chi connectivity index (χ0v) is 8.96. The fraction of sp³-hybridized carbons (Fsp3) is 0.333. The van der Waals surface area contributed by atoms with Gasteiger partial charge in [0, 0.05) is 23.9 Å². The quantitative estimate of drug-likeness (QED) is 0.522. The minimum atomic E-state index is 0.321. The molecule has 0 spiro atoms. The van der Waals surface area contributed by atoms with Gasteiger partial charge in [-0.15, -0.1) is 0 Å². The average Bonchev–Trinajstić information content (AvgIpc) is 2.44. The van der Waals surface area contributed by atoms with E-state index in [1.807, 2.05) is 19.2 Å². The van der Waals surface area contributed by atoms with Gasteiger partial charge >= 0.3 is 0 Å². The summed E-state index contributed by atoms with van der Waals surface area (Å²) in [7, 11) is 0. The second kappa shape index (κ2) is 4.18. The van der Waals surface area contributed by atoms with Gasteiger partial charge in [0.25, 0.3) is 0 Å². The summed E-state index contributed by atoms with van der Waals surface area (Å²) in [4.78, 5) is 4.32. The van der Waals surface area contributed by atoms with Crippen LogP contribution in [0.4, 0.5) is 0 Å². The molecule has 1 aliphatic rings. The molecule has 74 valence electrons. The van der Waals surface area contributed by atoms with E-state index in [2.05, 4.69) is 25.4 Å². The largest absolute Gasteiger partial charge is 0.308 e. The van der Waals surface area contributed by atoms with Crippen LogP contribution < -0.4 is 0 Å². The summed E-state index contributed by atoms with van der Waals surface area (Å²) >= 11 is 0. The molecule has 0 aromatic rings. The van der Waals surface area contributed by atoms with Gasteiger partial charge in [0.15, 0.2) is 0 Å². The van der Waals surface area contributed by atoms with Gasteiger partial charge in [-0.1, -0.05) is 19.1 Å². The Balaban J connectivity index is 2.96. The monoisotopic (exact) mass is 188 g/mol. The lowest BCUT2D eigenvalue weighted by Gasteiger charge is -2.09. The SMILES string of the molecule is C=C(C)/C=C(/C=N)C1=NC=C(C)[C@@H]1C. The van der Waals surface area contributed by atoms with Gasteiger partial charge in [-0.05, 0) is 25.5 Å². The molecule has 0 fully saturated rings. The summed E-state index contributed by atoms with van der Waals surface area (Å²) < 4.78 is 0. The van der Waals surface area contributed by atoms with E-state index in [1.165, 1.54) is 11.8 Å². The minimum Gasteiger partial charge on any atom is -0.308 e.